The third-order valence-corrected chi connectivity index (χ3v) is 3.36. The summed E-state index contributed by atoms with van der Waals surface area (Å²) < 4.78 is 6.11. The molecule has 2 N–H and O–H groups in total. The minimum Gasteiger partial charge on any atom is -0.483 e. The lowest BCUT2D eigenvalue weighted by Gasteiger charge is -2.21. The lowest BCUT2D eigenvalue weighted by atomic mass is 10.3. The molecule has 0 unspecified atom stereocenters. The summed E-state index contributed by atoms with van der Waals surface area (Å²) in [6, 6.07) is 5.48. The summed E-state index contributed by atoms with van der Waals surface area (Å²) in [5, 5.41) is 0. The van der Waals surface area contributed by atoms with Crippen molar-refractivity contribution in [2.24, 2.45) is 0 Å². The second-order valence-electron chi connectivity index (χ2n) is 4.05. The molecule has 0 atom stereocenters. The zero-order valence-corrected chi connectivity index (χ0v) is 11.8. The second-order valence-corrected chi connectivity index (χ2v) is 4.84. The lowest BCUT2D eigenvalue weighted by molar-refractivity contribution is -0.133. The van der Waals surface area contributed by atoms with Gasteiger partial charge in [0.2, 0.25) is 0 Å². The van der Waals surface area contributed by atoms with Crippen LogP contribution in [0.25, 0.3) is 0 Å². The van der Waals surface area contributed by atoms with Gasteiger partial charge in [-0.2, -0.15) is 0 Å². The number of carbonyl (C=O) groups is 1. The van der Waals surface area contributed by atoms with Crippen molar-refractivity contribution >= 4 is 27.5 Å². The SMILES string of the molecule is CC(C)N(C)C(=O)COc1cccc(N)c1Br. The summed E-state index contributed by atoms with van der Waals surface area (Å²) in [5.41, 5.74) is 6.30. The molecule has 0 saturated heterocycles. The van der Waals surface area contributed by atoms with Gasteiger partial charge in [0.25, 0.3) is 5.91 Å². The van der Waals surface area contributed by atoms with Crippen LogP contribution in [-0.4, -0.2) is 30.5 Å². The first kappa shape index (κ1) is 13.8. The highest BCUT2D eigenvalue weighted by molar-refractivity contribution is 9.10. The molecular formula is C12H17BrN2O2. The fourth-order valence-corrected chi connectivity index (χ4v) is 1.55. The van der Waals surface area contributed by atoms with E-state index in [1.54, 1.807) is 30.1 Å². The monoisotopic (exact) mass is 300 g/mol. The molecule has 0 aliphatic carbocycles. The molecule has 0 aliphatic rings. The van der Waals surface area contributed by atoms with Crippen LogP contribution in [0.2, 0.25) is 0 Å². The first-order valence-electron chi connectivity index (χ1n) is 5.36. The van der Waals surface area contributed by atoms with E-state index in [9.17, 15) is 4.79 Å². The number of rotatable bonds is 4. The first-order chi connectivity index (χ1) is 7.93. The van der Waals surface area contributed by atoms with Gasteiger partial charge in [0.1, 0.15) is 5.75 Å². The number of nitrogen functional groups attached to an aromatic ring is 1. The molecule has 1 rings (SSSR count). The van der Waals surface area contributed by atoms with Crippen molar-refractivity contribution in [2.75, 3.05) is 19.4 Å². The largest absolute Gasteiger partial charge is 0.483 e. The molecule has 0 aliphatic heterocycles. The number of nitrogens with zero attached hydrogens (tertiary/aromatic N) is 1. The van der Waals surface area contributed by atoms with Crippen LogP contribution in [0.15, 0.2) is 22.7 Å². The molecule has 94 valence electrons. The third-order valence-electron chi connectivity index (χ3n) is 2.51. The Morgan fingerprint density at radius 1 is 1.53 bits per heavy atom. The van der Waals surface area contributed by atoms with Crippen LogP contribution in [0.3, 0.4) is 0 Å². The molecular weight excluding hydrogens is 284 g/mol. The number of hydrogen-bond donors (Lipinski definition) is 1. The van der Waals surface area contributed by atoms with Crippen molar-refractivity contribution in [1.29, 1.82) is 0 Å². The maximum absolute atomic E-state index is 11.7. The summed E-state index contributed by atoms with van der Waals surface area (Å²) in [4.78, 5) is 13.3. The van der Waals surface area contributed by atoms with Crippen LogP contribution < -0.4 is 10.5 Å². The third kappa shape index (κ3) is 3.63. The molecule has 0 saturated carbocycles. The fraction of sp³-hybridized carbons (Fsp3) is 0.417. The van der Waals surface area contributed by atoms with Crippen LogP contribution >= 0.6 is 15.9 Å². The Bertz CT molecular complexity index is 407. The van der Waals surface area contributed by atoms with Crippen LogP contribution in [0.5, 0.6) is 5.75 Å². The van der Waals surface area contributed by atoms with Gasteiger partial charge in [-0.15, -0.1) is 0 Å². The number of amides is 1. The minimum absolute atomic E-state index is 0.0106. The molecule has 0 spiro atoms. The number of likely N-dealkylation sites (N-methyl/N-ethyl adjacent to an activating group) is 1. The van der Waals surface area contributed by atoms with E-state index in [-0.39, 0.29) is 18.6 Å². The number of carbonyl (C=O) groups excluding carboxylic acids is 1. The van der Waals surface area contributed by atoms with Gasteiger partial charge in [0.05, 0.1) is 4.47 Å². The maximum Gasteiger partial charge on any atom is 0.260 e. The highest BCUT2D eigenvalue weighted by Crippen LogP contribution is 2.30. The summed E-state index contributed by atoms with van der Waals surface area (Å²) in [6.45, 7) is 3.92. The molecule has 0 fully saturated rings. The Kier molecular flexibility index (Phi) is 4.81. The van der Waals surface area contributed by atoms with Crippen molar-refractivity contribution in [2.45, 2.75) is 19.9 Å². The number of halogens is 1. The topological polar surface area (TPSA) is 55.6 Å². The average molecular weight is 301 g/mol. The van der Waals surface area contributed by atoms with Crippen molar-refractivity contribution in [3.63, 3.8) is 0 Å². The molecule has 17 heavy (non-hydrogen) atoms. The first-order valence-corrected chi connectivity index (χ1v) is 6.15. The van der Waals surface area contributed by atoms with Gasteiger partial charge in [-0.1, -0.05) is 6.07 Å². The quantitative estimate of drug-likeness (QED) is 0.868. The van der Waals surface area contributed by atoms with Crippen molar-refractivity contribution < 1.29 is 9.53 Å². The van der Waals surface area contributed by atoms with E-state index >= 15 is 0 Å². The number of anilines is 1. The molecule has 4 nitrogen and oxygen atoms in total. The van der Waals surface area contributed by atoms with Gasteiger partial charge in [-0.25, -0.2) is 0 Å². The predicted molar refractivity (Wildman–Crippen MR) is 72.0 cm³/mol. The standard InChI is InChI=1S/C12H17BrN2O2/c1-8(2)15(3)11(16)7-17-10-6-4-5-9(14)12(10)13/h4-6,8H,7,14H2,1-3H3. The Labute approximate surface area is 110 Å². The molecule has 0 bridgehead atoms. The van der Waals surface area contributed by atoms with Crippen molar-refractivity contribution in [3.05, 3.63) is 22.7 Å². The van der Waals surface area contributed by atoms with E-state index < -0.39 is 0 Å². The number of ether oxygens (including phenoxy) is 1. The van der Waals surface area contributed by atoms with Gasteiger partial charge in [-0.3, -0.25) is 4.79 Å². The van der Waals surface area contributed by atoms with Crippen LogP contribution in [-0.2, 0) is 4.79 Å². The van der Waals surface area contributed by atoms with Gasteiger partial charge in [0.15, 0.2) is 6.61 Å². The fourth-order valence-electron chi connectivity index (χ4n) is 1.17. The minimum atomic E-state index is -0.0608. The molecule has 1 aromatic carbocycles. The number of nitrogens with two attached hydrogens (primary N) is 1. The summed E-state index contributed by atoms with van der Waals surface area (Å²) >= 11 is 3.32. The highest BCUT2D eigenvalue weighted by Gasteiger charge is 2.13. The van der Waals surface area contributed by atoms with E-state index in [1.807, 2.05) is 13.8 Å². The van der Waals surface area contributed by atoms with Crippen LogP contribution in [0.1, 0.15) is 13.8 Å². The van der Waals surface area contributed by atoms with Gasteiger partial charge in [-0.05, 0) is 41.9 Å². The molecule has 1 aromatic rings. The molecule has 1 amide bonds. The molecule has 0 heterocycles. The molecule has 5 heteroatoms. The Morgan fingerprint density at radius 3 is 2.76 bits per heavy atom. The Balaban J connectivity index is 2.62. The summed E-state index contributed by atoms with van der Waals surface area (Å²) in [6.07, 6.45) is 0. The smallest absolute Gasteiger partial charge is 0.260 e. The zero-order chi connectivity index (χ0) is 13.0. The summed E-state index contributed by atoms with van der Waals surface area (Å²) in [7, 11) is 1.75. The van der Waals surface area contributed by atoms with Crippen molar-refractivity contribution in [3.8, 4) is 5.75 Å². The number of benzene rings is 1. The zero-order valence-electron chi connectivity index (χ0n) is 10.2. The predicted octanol–water partition coefficient (Wildman–Crippen LogP) is 2.28. The van der Waals surface area contributed by atoms with E-state index in [0.717, 1.165) is 0 Å². The Morgan fingerprint density at radius 2 is 2.18 bits per heavy atom. The van der Waals surface area contributed by atoms with Crippen LogP contribution in [0, 0.1) is 0 Å². The highest BCUT2D eigenvalue weighted by atomic mass is 79.9. The lowest BCUT2D eigenvalue weighted by Crippen LogP contribution is -2.36. The maximum atomic E-state index is 11.7. The van der Waals surface area contributed by atoms with Crippen LogP contribution in [0.4, 0.5) is 5.69 Å². The van der Waals surface area contributed by atoms with E-state index in [2.05, 4.69) is 15.9 Å². The van der Waals surface area contributed by atoms with Crippen molar-refractivity contribution in [1.82, 2.24) is 4.90 Å². The molecule has 0 radical (unpaired) electrons. The van der Waals surface area contributed by atoms with Gasteiger partial charge < -0.3 is 15.4 Å². The summed E-state index contributed by atoms with van der Waals surface area (Å²) in [5.74, 6) is 0.518. The van der Waals surface area contributed by atoms with Gasteiger partial charge >= 0.3 is 0 Å². The van der Waals surface area contributed by atoms with E-state index in [1.165, 1.54) is 0 Å². The average Bonchev–Trinajstić information content (AvgIpc) is 2.29. The Hall–Kier alpha value is -1.23. The van der Waals surface area contributed by atoms with Gasteiger partial charge in [0, 0.05) is 18.8 Å². The molecule has 0 aromatic heterocycles. The number of hydrogen-bond acceptors (Lipinski definition) is 3. The van der Waals surface area contributed by atoms with E-state index in [0.29, 0.717) is 15.9 Å². The van der Waals surface area contributed by atoms with E-state index in [4.69, 9.17) is 10.5 Å². The normalized spacial score (nSPS) is 10.4. The second kappa shape index (κ2) is 5.91.